The lowest BCUT2D eigenvalue weighted by atomic mass is 10.2. The quantitative estimate of drug-likeness (QED) is 0.432. The lowest BCUT2D eigenvalue weighted by molar-refractivity contribution is -0.115. The Morgan fingerprint density at radius 1 is 1.29 bits per heavy atom. The smallest absolute Gasteiger partial charge is 0.326 e. The van der Waals surface area contributed by atoms with E-state index in [2.05, 4.69) is 21.0 Å². The van der Waals surface area contributed by atoms with Crippen LogP contribution in [0.4, 0.5) is 16.4 Å². The first-order valence-corrected chi connectivity index (χ1v) is 9.46. The first kappa shape index (κ1) is 17.0. The van der Waals surface area contributed by atoms with Gasteiger partial charge in [-0.2, -0.15) is 9.61 Å². The summed E-state index contributed by atoms with van der Waals surface area (Å²) in [6.07, 6.45) is 6.01. The average molecular weight is 383 g/mol. The maximum atomic E-state index is 11.9. The predicted molar refractivity (Wildman–Crippen MR) is 102 cm³/mol. The van der Waals surface area contributed by atoms with Crippen molar-refractivity contribution in [1.82, 2.24) is 25.2 Å². The number of β-amino-alcohol motifs (C(OH)–C–C–N with tert-alkyl or cyclic N) is 1. The van der Waals surface area contributed by atoms with Crippen LogP contribution in [0.2, 0.25) is 0 Å². The minimum atomic E-state index is -0.542. The van der Waals surface area contributed by atoms with E-state index in [-0.39, 0.29) is 11.8 Å². The molecule has 10 nitrogen and oxygen atoms in total. The van der Waals surface area contributed by atoms with E-state index in [1.807, 2.05) is 11.0 Å². The molecule has 3 fully saturated rings. The molecule has 1 aliphatic carbocycles. The summed E-state index contributed by atoms with van der Waals surface area (Å²) in [6, 6.07) is 1.40. The van der Waals surface area contributed by atoms with E-state index in [9.17, 15) is 14.7 Å². The van der Waals surface area contributed by atoms with Crippen LogP contribution < -0.4 is 20.9 Å². The van der Waals surface area contributed by atoms with Gasteiger partial charge in [-0.25, -0.2) is 9.78 Å². The summed E-state index contributed by atoms with van der Waals surface area (Å²) in [6.45, 7) is 2.14. The Balaban J connectivity index is 1.55. The Kier molecular flexibility index (Phi) is 3.93. The summed E-state index contributed by atoms with van der Waals surface area (Å²) in [5, 5.41) is 22.4. The van der Waals surface area contributed by atoms with Gasteiger partial charge in [0.1, 0.15) is 17.3 Å². The molecule has 146 valence electrons. The molecular formula is C18H21N7O3. The normalized spacial score (nSPS) is 23.5. The van der Waals surface area contributed by atoms with E-state index in [0.29, 0.717) is 30.1 Å². The molecule has 10 heteroatoms. The summed E-state index contributed by atoms with van der Waals surface area (Å²) in [4.78, 5) is 30.0. The second kappa shape index (κ2) is 6.48. The zero-order valence-corrected chi connectivity index (χ0v) is 15.2. The highest BCUT2D eigenvalue weighted by atomic mass is 16.3. The maximum absolute atomic E-state index is 11.9. The van der Waals surface area contributed by atoms with Crippen LogP contribution in [0.1, 0.15) is 24.8 Å². The number of fused-ring (bicyclic) bond motifs is 1. The Morgan fingerprint density at radius 3 is 2.82 bits per heavy atom. The molecule has 2 aromatic rings. The third-order valence-electron chi connectivity index (χ3n) is 5.26. The fraction of sp³-hybridized carbons (Fsp3) is 0.444. The Bertz CT molecular complexity index is 994. The van der Waals surface area contributed by atoms with E-state index >= 15 is 0 Å². The summed E-state index contributed by atoms with van der Waals surface area (Å²) in [5.74, 6) is 1.78. The molecule has 4 heterocycles. The van der Waals surface area contributed by atoms with Gasteiger partial charge in [-0.3, -0.25) is 10.1 Å². The van der Waals surface area contributed by atoms with E-state index in [1.165, 1.54) is 12.8 Å². The molecule has 3 aliphatic rings. The van der Waals surface area contributed by atoms with Gasteiger partial charge in [0.25, 0.3) is 5.91 Å². The minimum absolute atomic E-state index is 0.163. The largest absolute Gasteiger partial charge is 0.391 e. The maximum Gasteiger partial charge on any atom is 0.326 e. The van der Waals surface area contributed by atoms with Crippen molar-refractivity contribution in [3.05, 3.63) is 23.5 Å². The highest BCUT2D eigenvalue weighted by Gasteiger charge is 2.26. The van der Waals surface area contributed by atoms with Crippen molar-refractivity contribution in [3.8, 4) is 0 Å². The van der Waals surface area contributed by atoms with E-state index in [4.69, 9.17) is 4.98 Å². The number of hydrogen-bond donors (Lipinski definition) is 4. The summed E-state index contributed by atoms with van der Waals surface area (Å²) < 4.78 is 1.71. The Morgan fingerprint density at radius 2 is 2.14 bits per heavy atom. The minimum Gasteiger partial charge on any atom is -0.391 e. The molecule has 0 unspecified atom stereocenters. The van der Waals surface area contributed by atoms with Gasteiger partial charge < -0.3 is 20.6 Å². The van der Waals surface area contributed by atoms with Crippen molar-refractivity contribution < 1.29 is 14.7 Å². The van der Waals surface area contributed by atoms with Crippen LogP contribution in [0.5, 0.6) is 0 Å². The van der Waals surface area contributed by atoms with Crippen LogP contribution in [0.15, 0.2) is 18.0 Å². The van der Waals surface area contributed by atoms with Crippen LogP contribution in [0.3, 0.4) is 0 Å². The van der Waals surface area contributed by atoms with Gasteiger partial charge in [0.15, 0.2) is 5.65 Å². The van der Waals surface area contributed by atoms with Crippen molar-refractivity contribution in [1.29, 1.82) is 0 Å². The number of aliphatic hydroxyl groups is 1. The molecule has 28 heavy (non-hydrogen) atoms. The number of urea groups is 1. The molecule has 0 bridgehead atoms. The molecule has 4 N–H and O–H groups in total. The van der Waals surface area contributed by atoms with Gasteiger partial charge in [0.2, 0.25) is 0 Å². The Labute approximate surface area is 160 Å². The molecular weight excluding hydrogens is 362 g/mol. The number of imide groups is 1. The SMILES string of the molecule is O=C1NC(=O)/C(=C/c2cnn3c(NCC4CC4)cc(N4CC[C@H](O)C4)nc23)N1. The lowest BCUT2D eigenvalue weighted by Crippen LogP contribution is -2.23. The number of aliphatic hydroxyl groups excluding tert-OH is 1. The van der Waals surface area contributed by atoms with Gasteiger partial charge in [-0.1, -0.05) is 0 Å². The number of anilines is 2. The van der Waals surface area contributed by atoms with E-state index in [0.717, 1.165) is 24.7 Å². The molecule has 0 radical (unpaired) electrons. The third kappa shape index (κ3) is 3.15. The van der Waals surface area contributed by atoms with Gasteiger partial charge in [0.05, 0.1) is 12.3 Å². The fourth-order valence-electron chi connectivity index (χ4n) is 3.52. The first-order valence-electron chi connectivity index (χ1n) is 9.46. The van der Waals surface area contributed by atoms with Gasteiger partial charge in [-0.05, 0) is 31.3 Å². The zero-order valence-electron chi connectivity index (χ0n) is 15.2. The predicted octanol–water partition coefficient (Wildman–Crippen LogP) is 0.302. The monoisotopic (exact) mass is 383 g/mol. The fourth-order valence-corrected chi connectivity index (χ4v) is 3.52. The van der Waals surface area contributed by atoms with Crippen molar-refractivity contribution in [2.24, 2.45) is 5.92 Å². The second-order valence-corrected chi connectivity index (χ2v) is 7.51. The standard InChI is InChI=1S/C18H21N7O3/c26-12-3-4-24(9-12)15-6-14(19-7-10-1-2-10)25-16(22-15)11(8-20-25)5-13-17(27)23-18(28)21-13/h5-6,8,10,12,19,26H,1-4,7,9H2,(H2,21,23,27,28)/b13-5-/t12-/m0/s1. The van der Waals surface area contributed by atoms with Gasteiger partial charge >= 0.3 is 6.03 Å². The molecule has 1 saturated carbocycles. The second-order valence-electron chi connectivity index (χ2n) is 7.51. The number of amides is 3. The molecule has 2 aliphatic heterocycles. The number of nitrogens with one attached hydrogen (secondary N) is 3. The summed E-state index contributed by atoms with van der Waals surface area (Å²) in [5.41, 5.74) is 1.37. The number of hydrogen-bond acceptors (Lipinski definition) is 7. The molecule has 5 rings (SSSR count). The topological polar surface area (TPSA) is 124 Å². The number of carbonyl (C=O) groups excluding carboxylic acids is 2. The van der Waals surface area contributed by atoms with Crippen LogP contribution in [-0.4, -0.2) is 57.4 Å². The van der Waals surface area contributed by atoms with Crippen LogP contribution in [0, 0.1) is 5.92 Å². The molecule has 1 atom stereocenters. The molecule has 3 amide bonds. The number of aromatic nitrogens is 3. The van der Waals surface area contributed by atoms with Gasteiger partial charge in [-0.15, -0.1) is 0 Å². The van der Waals surface area contributed by atoms with Crippen molar-refractivity contribution in [3.63, 3.8) is 0 Å². The molecule has 2 aromatic heterocycles. The number of carbonyl (C=O) groups is 2. The van der Waals surface area contributed by atoms with Crippen LogP contribution in [-0.2, 0) is 4.79 Å². The number of rotatable bonds is 5. The van der Waals surface area contributed by atoms with E-state index < -0.39 is 11.9 Å². The van der Waals surface area contributed by atoms with Crippen molar-refractivity contribution in [2.75, 3.05) is 29.9 Å². The third-order valence-corrected chi connectivity index (χ3v) is 5.26. The highest BCUT2D eigenvalue weighted by Crippen LogP contribution is 2.30. The van der Waals surface area contributed by atoms with Gasteiger partial charge in [0, 0.05) is 31.3 Å². The van der Waals surface area contributed by atoms with Crippen molar-refractivity contribution >= 4 is 35.3 Å². The average Bonchev–Trinajstić information content (AvgIpc) is 3.11. The summed E-state index contributed by atoms with van der Waals surface area (Å²) >= 11 is 0. The molecule has 0 spiro atoms. The van der Waals surface area contributed by atoms with Crippen molar-refractivity contribution in [2.45, 2.75) is 25.4 Å². The first-order chi connectivity index (χ1) is 13.6. The Hall–Kier alpha value is -3.14. The molecule has 2 saturated heterocycles. The van der Waals surface area contributed by atoms with Crippen LogP contribution in [0.25, 0.3) is 11.7 Å². The zero-order chi connectivity index (χ0) is 19.3. The van der Waals surface area contributed by atoms with E-state index in [1.54, 1.807) is 16.8 Å². The number of nitrogens with zero attached hydrogens (tertiary/aromatic N) is 4. The molecule has 0 aromatic carbocycles. The van der Waals surface area contributed by atoms with Crippen LogP contribution >= 0.6 is 0 Å². The lowest BCUT2D eigenvalue weighted by Gasteiger charge is -2.18. The summed E-state index contributed by atoms with van der Waals surface area (Å²) in [7, 11) is 0. The highest BCUT2D eigenvalue weighted by molar-refractivity contribution is 6.14.